The summed E-state index contributed by atoms with van der Waals surface area (Å²) in [6.07, 6.45) is 0.409. The number of alkyl halides is 3. The maximum absolute atomic E-state index is 13.5. The average Bonchev–Trinajstić information content (AvgIpc) is 2.83. The fraction of sp³-hybridized carbons (Fsp3) is 0.556. The second-order valence-corrected chi connectivity index (χ2v) is 9.81. The Bertz CT molecular complexity index is 964. The van der Waals surface area contributed by atoms with Crippen LogP contribution in [-0.4, -0.2) is 66.9 Å². The number of methoxy groups -OCH3 is 1. The van der Waals surface area contributed by atoms with E-state index in [0.29, 0.717) is 42.7 Å². The topological polar surface area (TPSA) is 45.2 Å². The number of ether oxygens (including phenoxy) is 2. The van der Waals surface area contributed by atoms with E-state index >= 15 is 0 Å². The SMILES string of the molecule is COC1CN(C)C(c2cccc(-c3ccccc3)c2OC(F)(F)F)CN1CCC1(O)CCCCC1. The van der Waals surface area contributed by atoms with E-state index in [4.69, 9.17) is 4.74 Å². The van der Waals surface area contributed by atoms with Gasteiger partial charge in [-0.05, 0) is 31.9 Å². The summed E-state index contributed by atoms with van der Waals surface area (Å²) in [7, 11) is 3.55. The number of benzene rings is 2. The fourth-order valence-corrected chi connectivity index (χ4v) is 5.47. The van der Waals surface area contributed by atoms with Gasteiger partial charge in [0, 0.05) is 37.9 Å². The number of aliphatic hydroxyl groups is 1. The molecular formula is C27H35F3N2O3. The van der Waals surface area contributed by atoms with Crippen molar-refractivity contribution in [3.8, 4) is 16.9 Å². The quantitative estimate of drug-likeness (QED) is 0.545. The van der Waals surface area contributed by atoms with Crippen LogP contribution in [0.2, 0.25) is 0 Å². The molecule has 8 heteroatoms. The van der Waals surface area contributed by atoms with Gasteiger partial charge in [-0.15, -0.1) is 13.2 Å². The molecule has 2 aromatic carbocycles. The molecule has 5 nitrogen and oxygen atoms in total. The molecule has 0 aromatic heterocycles. The predicted molar refractivity (Wildman–Crippen MR) is 129 cm³/mol. The fourth-order valence-electron chi connectivity index (χ4n) is 5.47. The van der Waals surface area contributed by atoms with Crippen LogP contribution in [0.5, 0.6) is 5.75 Å². The number of piperazine rings is 1. The molecule has 2 fully saturated rings. The van der Waals surface area contributed by atoms with Crippen LogP contribution in [0.1, 0.15) is 50.1 Å². The van der Waals surface area contributed by atoms with E-state index in [1.807, 2.05) is 18.0 Å². The summed E-state index contributed by atoms with van der Waals surface area (Å²) in [5, 5.41) is 11.0. The van der Waals surface area contributed by atoms with E-state index in [9.17, 15) is 18.3 Å². The van der Waals surface area contributed by atoms with Gasteiger partial charge in [0.1, 0.15) is 12.0 Å². The number of rotatable bonds is 7. The summed E-state index contributed by atoms with van der Waals surface area (Å²) >= 11 is 0. The molecule has 1 heterocycles. The molecule has 2 aliphatic rings. The number of nitrogens with zero attached hydrogens (tertiary/aromatic N) is 2. The maximum atomic E-state index is 13.5. The summed E-state index contributed by atoms with van der Waals surface area (Å²) in [5.41, 5.74) is 0.888. The Balaban J connectivity index is 1.64. The number of hydrogen-bond donors (Lipinski definition) is 1. The molecule has 1 aliphatic heterocycles. The zero-order valence-electron chi connectivity index (χ0n) is 20.4. The van der Waals surface area contributed by atoms with Crippen molar-refractivity contribution in [2.75, 3.05) is 33.8 Å². The van der Waals surface area contributed by atoms with Crippen molar-refractivity contribution in [1.82, 2.24) is 9.80 Å². The van der Waals surface area contributed by atoms with Crippen LogP contribution in [0.25, 0.3) is 11.1 Å². The maximum Gasteiger partial charge on any atom is 0.573 e. The number of para-hydroxylation sites is 1. The highest BCUT2D eigenvalue weighted by Gasteiger charge is 2.39. The van der Waals surface area contributed by atoms with Crippen LogP contribution in [0.15, 0.2) is 48.5 Å². The first-order valence-corrected chi connectivity index (χ1v) is 12.3. The molecule has 1 saturated heterocycles. The van der Waals surface area contributed by atoms with Gasteiger partial charge in [0.2, 0.25) is 0 Å². The van der Waals surface area contributed by atoms with E-state index in [2.05, 4.69) is 9.64 Å². The molecule has 0 bridgehead atoms. The summed E-state index contributed by atoms with van der Waals surface area (Å²) in [5.74, 6) is -0.162. The Labute approximate surface area is 205 Å². The van der Waals surface area contributed by atoms with Crippen LogP contribution < -0.4 is 4.74 Å². The summed E-state index contributed by atoms with van der Waals surface area (Å²) < 4.78 is 51.0. The molecule has 4 rings (SSSR count). The highest BCUT2D eigenvalue weighted by atomic mass is 19.4. The molecule has 192 valence electrons. The van der Waals surface area contributed by atoms with Crippen molar-refractivity contribution in [3.05, 3.63) is 54.1 Å². The minimum atomic E-state index is -4.81. The molecule has 0 radical (unpaired) electrons. The van der Waals surface area contributed by atoms with Crippen molar-refractivity contribution < 1.29 is 27.8 Å². The Morgan fingerprint density at radius 1 is 1.00 bits per heavy atom. The molecule has 35 heavy (non-hydrogen) atoms. The van der Waals surface area contributed by atoms with Crippen LogP contribution in [0.3, 0.4) is 0 Å². The second-order valence-electron chi connectivity index (χ2n) is 9.81. The van der Waals surface area contributed by atoms with E-state index in [1.165, 1.54) is 0 Å². The molecule has 1 N–H and O–H groups in total. The zero-order chi connectivity index (χ0) is 25.1. The Kier molecular flexibility index (Phi) is 8.06. The average molecular weight is 493 g/mol. The van der Waals surface area contributed by atoms with E-state index in [1.54, 1.807) is 49.6 Å². The van der Waals surface area contributed by atoms with Crippen LogP contribution in [0.4, 0.5) is 13.2 Å². The van der Waals surface area contributed by atoms with E-state index in [0.717, 1.165) is 32.1 Å². The lowest BCUT2D eigenvalue weighted by Gasteiger charge is -2.45. The lowest BCUT2D eigenvalue weighted by Crippen LogP contribution is -2.55. The molecule has 2 atom stereocenters. The molecular weight excluding hydrogens is 457 g/mol. The van der Waals surface area contributed by atoms with Crippen molar-refractivity contribution >= 4 is 0 Å². The van der Waals surface area contributed by atoms with Crippen LogP contribution >= 0.6 is 0 Å². The Morgan fingerprint density at radius 3 is 2.37 bits per heavy atom. The minimum Gasteiger partial charge on any atom is -0.405 e. The van der Waals surface area contributed by atoms with Gasteiger partial charge in [-0.25, -0.2) is 0 Å². The number of hydrogen-bond acceptors (Lipinski definition) is 5. The monoisotopic (exact) mass is 492 g/mol. The van der Waals surface area contributed by atoms with Gasteiger partial charge in [0.15, 0.2) is 0 Å². The number of halogens is 3. The van der Waals surface area contributed by atoms with Crippen molar-refractivity contribution in [3.63, 3.8) is 0 Å². The van der Waals surface area contributed by atoms with Crippen LogP contribution in [-0.2, 0) is 4.74 Å². The highest BCUT2D eigenvalue weighted by molar-refractivity contribution is 5.72. The smallest absolute Gasteiger partial charge is 0.405 e. The molecule has 0 amide bonds. The molecule has 1 aliphatic carbocycles. The third-order valence-electron chi connectivity index (χ3n) is 7.42. The molecule has 1 saturated carbocycles. The Hall–Kier alpha value is -2.13. The Morgan fingerprint density at radius 2 is 1.71 bits per heavy atom. The van der Waals surface area contributed by atoms with Gasteiger partial charge < -0.3 is 14.6 Å². The predicted octanol–water partition coefficient (Wildman–Crippen LogP) is 5.60. The number of likely N-dealkylation sites (N-methyl/N-ethyl adjacent to an activating group) is 1. The zero-order valence-corrected chi connectivity index (χ0v) is 20.4. The van der Waals surface area contributed by atoms with Gasteiger partial charge >= 0.3 is 6.36 Å². The normalized spacial score (nSPS) is 23.8. The molecule has 0 spiro atoms. The van der Waals surface area contributed by atoms with Gasteiger partial charge in [-0.1, -0.05) is 67.8 Å². The first-order chi connectivity index (χ1) is 16.7. The standard InChI is InChI=1S/C27H35F3N2O3/c1-31-19-24(34-2)32(17-16-26(33)14-7-4-8-15-26)18-23(31)22-13-9-12-21(20-10-5-3-6-11-20)25(22)35-27(28,29)30/h3,5-6,9-13,23-24,33H,4,7-8,14-19H2,1-2H3. The molecule has 2 aromatic rings. The van der Waals surface area contributed by atoms with Gasteiger partial charge in [0.25, 0.3) is 0 Å². The minimum absolute atomic E-state index is 0.162. The third kappa shape index (κ3) is 6.36. The lowest BCUT2D eigenvalue weighted by atomic mass is 9.82. The first-order valence-electron chi connectivity index (χ1n) is 12.3. The highest BCUT2D eigenvalue weighted by Crippen LogP contribution is 2.42. The van der Waals surface area contributed by atoms with Crippen molar-refractivity contribution in [2.45, 2.75) is 62.8 Å². The first kappa shape index (κ1) is 25.9. The summed E-state index contributed by atoms with van der Waals surface area (Å²) in [6, 6.07) is 13.8. The van der Waals surface area contributed by atoms with Gasteiger partial charge in [-0.2, -0.15) is 0 Å². The second kappa shape index (κ2) is 10.9. The summed E-state index contributed by atoms with van der Waals surface area (Å²) in [6.45, 7) is 1.62. The van der Waals surface area contributed by atoms with E-state index in [-0.39, 0.29) is 18.0 Å². The van der Waals surface area contributed by atoms with Crippen LogP contribution in [0, 0.1) is 0 Å². The molecule has 2 unspecified atom stereocenters. The van der Waals surface area contributed by atoms with E-state index < -0.39 is 12.0 Å². The van der Waals surface area contributed by atoms with Crippen molar-refractivity contribution in [2.24, 2.45) is 0 Å². The largest absolute Gasteiger partial charge is 0.573 e. The van der Waals surface area contributed by atoms with Crippen molar-refractivity contribution in [1.29, 1.82) is 0 Å². The summed E-state index contributed by atoms with van der Waals surface area (Å²) in [4.78, 5) is 4.16. The third-order valence-corrected chi connectivity index (χ3v) is 7.42. The lowest BCUT2D eigenvalue weighted by molar-refractivity contribution is -0.275. The van der Waals surface area contributed by atoms with Gasteiger partial charge in [0.05, 0.1) is 11.6 Å². The van der Waals surface area contributed by atoms with Gasteiger partial charge in [-0.3, -0.25) is 9.80 Å².